The Bertz CT molecular complexity index is 739. The van der Waals surface area contributed by atoms with Crippen molar-refractivity contribution < 1.29 is 14.3 Å². The average Bonchev–Trinajstić information content (AvgIpc) is 2.57. The third-order valence-corrected chi connectivity index (χ3v) is 4.41. The molecular weight excluding hydrogens is 290 g/mol. The lowest BCUT2D eigenvalue weighted by Gasteiger charge is -2.25. The Kier molecular flexibility index (Phi) is 4.24. The van der Waals surface area contributed by atoms with E-state index in [-0.39, 0.29) is 11.8 Å². The second-order valence-corrected chi connectivity index (χ2v) is 5.92. The van der Waals surface area contributed by atoms with Crippen molar-refractivity contribution in [3.05, 3.63) is 53.1 Å². The van der Waals surface area contributed by atoms with Crippen LogP contribution in [0.1, 0.15) is 16.7 Å². The van der Waals surface area contributed by atoms with Crippen molar-refractivity contribution in [2.24, 2.45) is 5.92 Å². The topological polar surface area (TPSA) is 47.6 Å². The summed E-state index contributed by atoms with van der Waals surface area (Å²) in [6, 6.07) is 11.6. The molecule has 1 aliphatic heterocycles. The van der Waals surface area contributed by atoms with Gasteiger partial charge in [0.05, 0.1) is 13.0 Å². The number of methoxy groups -OCH3 is 1. The zero-order valence-electron chi connectivity index (χ0n) is 13.7. The van der Waals surface area contributed by atoms with Crippen molar-refractivity contribution in [3.8, 4) is 11.5 Å². The Hall–Kier alpha value is -2.49. The van der Waals surface area contributed by atoms with E-state index in [2.05, 4.69) is 5.32 Å². The van der Waals surface area contributed by atoms with E-state index in [1.54, 1.807) is 7.11 Å². The highest BCUT2D eigenvalue weighted by Crippen LogP contribution is 2.31. The summed E-state index contributed by atoms with van der Waals surface area (Å²) in [4.78, 5) is 12.6. The lowest BCUT2D eigenvalue weighted by atomic mass is 9.95. The number of fused-ring (bicyclic) bond motifs is 1. The molecule has 1 aliphatic rings. The molecule has 3 rings (SSSR count). The molecular formula is C19H21NO3. The van der Waals surface area contributed by atoms with Crippen LogP contribution in [-0.4, -0.2) is 19.6 Å². The van der Waals surface area contributed by atoms with Gasteiger partial charge in [0.15, 0.2) is 0 Å². The van der Waals surface area contributed by atoms with Gasteiger partial charge in [-0.15, -0.1) is 0 Å². The molecule has 1 atom stereocenters. The van der Waals surface area contributed by atoms with Crippen LogP contribution in [0.2, 0.25) is 0 Å². The number of rotatable bonds is 3. The fourth-order valence-corrected chi connectivity index (χ4v) is 2.79. The second kappa shape index (κ2) is 6.32. The second-order valence-electron chi connectivity index (χ2n) is 5.92. The van der Waals surface area contributed by atoms with Crippen molar-refractivity contribution in [2.45, 2.75) is 20.3 Å². The van der Waals surface area contributed by atoms with Gasteiger partial charge < -0.3 is 14.8 Å². The normalized spacial score (nSPS) is 16.2. The fourth-order valence-electron chi connectivity index (χ4n) is 2.79. The monoisotopic (exact) mass is 311 g/mol. The van der Waals surface area contributed by atoms with Gasteiger partial charge in [-0.2, -0.15) is 0 Å². The predicted octanol–water partition coefficient (Wildman–Crippen LogP) is 3.50. The highest BCUT2D eigenvalue weighted by Gasteiger charge is 2.26. The summed E-state index contributed by atoms with van der Waals surface area (Å²) in [6.07, 6.45) is 0.656. The van der Waals surface area contributed by atoms with Crippen LogP contribution in [0.15, 0.2) is 36.4 Å². The van der Waals surface area contributed by atoms with Gasteiger partial charge in [0.25, 0.3) is 0 Å². The van der Waals surface area contributed by atoms with Gasteiger partial charge in [0, 0.05) is 5.69 Å². The van der Waals surface area contributed by atoms with Crippen LogP contribution in [0.5, 0.6) is 11.5 Å². The largest absolute Gasteiger partial charge is 0.497 e. The van der Waals surface area contributed by atoms with Crippen LogP contribution < -0.4 is 14.8 Å². The minimum Gasteiger partial charge on any atom is -0.497 e. The molecule has 4 heteroatoms. The van der Waals surface area contributed by atoms with E-state index in [1.165, 1.54) is 0 Å². The summed E-state index contributed by atoms with van der Waals surface area (Å²) >= 11 is 0. The van der Waals surface area contributed by atoms with Crippen molar-refractivity contribution in [1.29, 1.82) is 0 Å². The van der Waals surface area contributed by atoms with Gasteiger partial charge in [-0.3, -0.25) is 4.79 Å². The summed E-state index contributed by atoms with van der Waals surface area (Å²) in [5.74, 6) is 1.41. The number of ether oxygens (including phenoxy) is 2. The van der Waals surface area contributed by atoms with E-state index in [9.17, 15) is 4.79 Å². The standard InChI is InChI=1S/C19H21NO3/c1-12-5-4-6-17(13(12)2)20-19(21)15-9-14-10-16(22-3)7-8-18(14)23-11-15/h4-8,10,15H,9,11H2,1-3H3,(H,20,21)/t15-/m1/s1. The van der Waals surface area contributed by atoms with Crippen LogP contribution >= 0.6 is 0 Å². The number of amides is 1. The summed E-state index contributed by atoms with van der Waals surface area (Å²) in [5.41, 5.74) is 4.14. The molecule has 1 heterocycles. The van der Waals surface area contributed by atoms with Crippen molar-refractivity contribution in [1.82, 2.24) is 0 Å². The third kappa shape index (κ3) is 3.16. The van der Waals surface area contributed by atoms with Crippen LogP contribution in [0.25, 0.3) is 0 Å². The minimum absolute atomic E-state index is 0.00725. The summed E-state index contributed by atoms with van der Waals surface area (Å²) in [6.45, 7) is 4.45. The van der Waals surface area contributed by atoms with Crippen molar-refractivity contribution in [2.75, 3.05) is 19.0 Å². The first-order valence-corrected chi connectivity index (χ1v) is 7.75. The molecule has 0 saturated heterocycles. The maximum atomic E-state index is 12.6. The third-order valence-electron chi connectivity index (χ3n) is 4.41. The lowest BCUT2D eigenvalue weighted by molar-refractivity contribution is -0.121. The minimum atomic E-state index is -0.200. The molecule has 4 nitrogen and oxygen atoms in total. The molecule has 2 aromatic rings. The number of nitrogens with one attached hydrogen (secondary N) is 1. The summed E-state index contributed by atoms with van der Waals surface area (Å²) < 4.78 is 11.0. The highest BCUT2D eigenvalue weighted by molar-refractivity contribution is 5.93. The van der Waals surface area contributed by atoms with Crippen LogP contribution in [0, 0.1) is 19.8 Å². The molecule has 0 aliphatic carbocycles. The number of hydrogen-bond donors (Lipinski definition) is 1. The van der Waals surface area contributed by atoms with Gasteiger partial charge in [-0.1, -0.05) is 12.1 Å². The molecule has 23 heavy (non-hydrogen) atoms. The predicted molar refractivity (Wildman–Crippen MR) is 90.2 cm³/mol. The van der Waals surface area contributed by atoms with Gasteiger partial charge in [0.2, 0.25) is 5.91 Å². The number of aryl methyl sites for hydroxylation is 1. The van der Waals surface area contributed by atoms with E-state index in [1.807, 2.05) is 50.2 Å². The summed E-state index contributed by atoms with van der Waals surface area (Å²) in [5, 5.41) is 3.03. The summed E-state index contributed by atoms with van der Waals surface area (Å²) in [7, 11) is 1.64. The van der Waals surface area contributed by atoms with Crippen LogP contribution in [0.4, 0.5) is 5.69 Å². The maximum absolute atomic E-state index is 12.6. The molecule has 0 saturated carbocycles. The first-order valence-electron chi connectivity index (χ1n) is 7.75. The zero-order valence-corrected chi connectivity index (χ0v) is 13.7. The van der Waals surface area contributed by atoms with Crippen LogP contribution in [0.3, 0.4) is 0 Å². The quantitative estimate of drug-likeness (QED) is 0.943. The zero-order chi connectivity index (χ0) is 16.4. The SMILES string of the molecule is COc1ccc2c(c1)C[C@@H](C(=O)Nc1cccc(C)c1C)CO2. The maximum Gasteiger partial charge on any atom is 0.231 e. The van der Waals surface area contributed by atoms with Crippen molar-refractivity contribution >= 4 is 11.6 Å². The molecule has 1 N–H and O–H groups in total. The van der Waals surface area contributed by atoms with Gasteiger partial charge in [0.1, 0.15) is 18.1 Å². The first kappa shape index (κ1) is 15.4. The molecule has 0 radical (unpaired) electrons. The van der Waals surface area contributed by atoms with Gasteiger partial charge >= 0.3 is 0 Å². The fraction of sp³-hybridized carbons (Fsp3) is 0.316. The number of carbonyl (C=O) groups excluding carboxylic acids is 1. The molecule has 0 spiro atoms. The van der Waals surface area contributed by atoms with E-state index in [0.717, 1.165) is 33.9 Å². The highest BCUT2D eigenvalue weighted by atomic mass is 16.5. The number of anilines is 1. The van der Waals surface area contributed by atoms with E-state index >= 15 is 0 Å². The molecule has 0 unspecified atom stereocenters. The average molecular weight is 311 g/mol. The van der Waals surface area contributed by atoms with Crippen LogP contribution in [-0.2, 0) is 11.2 Å². The Labute approximate surface area is 136 Å². The number of carbonyl (C=O) groups is 1. The van der Waals surface area contributed by atoms with Gasteiger partial charge in [-0.05, 0) is 61.2 Å². The number of benzene rings is 2. The Morgan fingerprint density at radius 2 is 2.09 bits per heavy atom. The molecule has 120 valence electrons. The Balaban J connectivity index is 1.75. The van der Waals surface area contributed by atoms with E-state index in [0.29, 0.717) is 13.0 Å². The Morgan fingerprint density at radius 1 is 1.26 bits per heavy atom. The smallest absolute Gasteiger partial charge is 0.231 e. The van der Waals surface area contributed by atoms with E-state index < -0.39 is 0 Å². The molecule has 0 bridgehead atoms. The molecule has 2 aromatic carbocycles. The van der Waals surface area contributed by atoms with Crippen molar-refractivity contribution in [3.63, 3.8) is 0 Å². The Morgan fingerprint density at radius 3 is 2.87 bits per heavy atom. The lowest BCUT2D eigenvalue weighted by Crippen LogP contribution is -2.32. The molecule has 1 amide bonds. The number of hydrogen-bond acceptors (Lipinski definition) is 3. The molecule has 0 aromatic heterocycles. The van der Waals surface area contributed by atoms with E-state index in [4.69, 9.17) is 9.47 Å². The van der Waals surface area contributed by atoms with Gasteiger partial charge in [-0.25, -0.2) is 0 Å². The molecule has 0 fully saturated rings. The first-order chi connectivity index (χ1) is 11.1.